The van der Waals surface area contributed by atoms with Crippen molar-refractivity contribution in [3.63, 3.8) is 0 Å². The third kappa shape index (κ3) is 1.32. The maximum Gasteiger partial charge on any atom is 0.0943 e. The molecule has 1 heterocycles. The molecule has 1 N–H and O–H groups in total. The van der Waals surface area contributed by atoms with Crippen LogP contribution in [-0.4, -0.2) is 12.1 Å². The molecule has 0 saturated heterocycles. The highest BCUT2D eigenvalue weighted by Gasteiger charge is 2.05. The number of nitrogens with one attached hydrogen (secondary N) is 1. The molecule has 0 fully saturated rings. The van der Waals surface area contributed by atoms with Crippen LogP contribution in [0.5, 0.6) is 0 Å². The number of hydrogen-bond donors (Lipinski definition) is 1. The van der Waals surface area contributed by atoms with E-state index >= 15 is 0 Å². The van der Waals surface area contributed by atoms with Gasteiger partial charge in [0, 0.05) is 6.04 Å². The van der Waals surface area contributed by atoms with Gasteiger partial charge in [0.15, 0.2) is 0 Å². The fourth-order valence-corrected chi connectivity index (χ4v) is 0.616. The minimum absolute atomic E-state index is 0.228. The molecule has 0 amide bonds. The molecular formula is C6H11NO. The molecule has 0 aromatic carbocycles. The Morgan fingerprint density at radius 1 is 1.38 bits per heavy atom. The van der Waals surface area contributed by atoms with Crippen molar-refractivity contribution in [1.29, 1.82) is 0 Å². The molecule has 0 saturated carbocycles. The molecule has 1 aliphatic rings. The van der Waals surface area contributed by atoms with E-state index in [9.17, 15) is 0 Å². The summed E-state index contributed by atoms with van der Waals surface area (Å²) in [6, 6.07) is 0.367. The zero-order valence-corrected chi connectivity index (χ0v) is 5.22. The minimum atomic E-state index is 0.228. The van der Waals surface area contributed by atoms with Crippen LogP contribution in [0.3, 0.4) is 0 Å². The van der Waals surface area contributed by atoms with Crippen molar-refractivity contribution in [2.45, 2.75) is 26.0 Å². The van der Waals surface area contributed by atoms with E-state index in [1.165, 1.54) is 0 Å². The summed E-state index contributed by atoms with van der Waals surface area (Å²) in [5, 5.41) is 0. The van der Waals surface area contributed by atoms with Crippen molar-refractivity contribution in [2.75, 3.05) is 0 Å². The summed E-state index contributed by atoms with van der Waals surface area (Å²) in [7, 11) is 0. The molecule has 1 aliphatic heterocycles. The van der Waals surface area contributed by atoms with Gasteiger partial charge in [0.25, 0.3) is 0 Å². The standard InChI is InChI=1S/C6H11NO/c1-5-3-4-6(2)8-7-5/h3-7H,1-2H3. The van der Waals surface area contributed by atoms with Crippen molar-refractivity contribution in [2.24, 2.45) is 0 Å². The van der Waals surface area contributed by atoms with Gasteiger partial charge in [-0.25, -0.2) is 0 Å². The van der Waals surface area contributed by atoms with Crippen molar-refractivity contribution in [3.8, 4) is 0 Å². The fraction of sp³-hybridized carbons (Fsp3) is 0.667. The molecule has 1 rings (SSSR count). The van der Waals surface area contributed by atoms with Gasteiger partial charge in [0.1, 0.15) is 0 Å². The van der Waals surface area contributed by atoms with Crippen LogP contribution in [0.4, 0.5) is 0 Å². The minimum Gasteiger partial charge on any atom is -0.294 e. The van der Waals surface area contributed by atoms with Crippen LogP contribution in [-0.2, 0) is 4.84 Å². The number of hydrogen-bond acceptors (Lipinski definition) is 2. The first kappa shape index (κ1) is 5.79. The molecule has 0 aromatic rings. The van der Waals surface area contributed by atoms with E-state index in [0.717, 1.165) is 0 Å². The average molecular weight is 113 g/mol. The summed E-state index contributed by atoms with van der Waals surface area (Å²) >= 11 is 0. The Morgan fingerprint density at radius 3 is 2.50 bits per heavy atom. The maximum atomic E-state index is 5.05. The normalized spacial score (nSPS) is 37.8. The Bertz CT molecular complexity index is 88.7. The average Bonchev–Trinajstić information content (AvgIpc) is 1.77. The lowest BCUT2D eigenvalue weighted by Gasteiger charge is -2.18. The van der Waals surface area contributed by atoms with Gasteiger partial charge in [-0.1, -0.05) is 12.2 Å². The fourth-order valence-electron chi connectivity index (χ4n) is 0.616. The summed E-state index contributed by atoms with van der Waals surface area (Å²) in [6.45, 7) is 4.04. The van der Waals surface area contributed by atoms with Crippen LogP contribution in [0, 0.1) is 0 Å². The molecule has 0 aliphatic carbocycles. The number of rotatable bonds is 0. The second kappa shape index (κ2) is 2.29. The molecule has 2 unspecified atom stereocenters. The van der Waals surface area contributed by atoms with E-state index in [-0.39, 0.29) is 6.10 Å². The van der Waals surface area contributed by atoms with Crippen LogP contribution in [0.15, 0.2) is 12.2 Å². The molecular weight excluding hydrogens is 102 g/mol. The third-order valence-electron chi connectivity index (χ3n) is 1.11. The van der Waals surface area contributed by atoms with Crippen LogP contribution >= 0.6 is 0 Å². The molecule has 46 valence electrons. The lowest BCUT2D eigenvalue weighted by atomic mass is 10.2. The summed E-state index contributed by atoms with van der Waals surface area (Å²) in [6.07, 6.45) is 4.36. The van der Waals surface area contributed by atoms with Crippen molar-refractivity contribution < 1.29 is 4.84 Å². The van der Waals surface area contributed by atoms with Crippen LogP contribution in [0.1, 0.15) is 13.8 Å². The smallest absolute Gasteiger partial charge is 0.0943 e. The molecule has 0 radical (unpaired) electrons. The zero-order chi connectivity index (χ0) is 5.98. The molecule has 0 aromatic heterocycles. The Balaban J connectivity index is 2.42. The Labute approximate surface area is 49.5 Å². The van der Waals surface area contributed by atoms with Crippen molar-refractivity contribution in [1.82, 2.24) is 5.48 Å². The summed E-state index contributed by atoms with van der Waals surface area (Å²) in [4.78, 5) is 5.05. The number of hydroxylamine groups is 1. The monoisotopic (exact) mass is 113 g/mol. The highest BCUT2D eigenvalue weighted by atomic mass is 16.7. The van der Waals surface area contributed by atoms with Gasteiger partial charge in [-0.2, -0.15) is 5.48 Å². The van der Waals surface area contributed by atoms with Crippen molar-refractivity contribution in [3.05, 3.63) is 12.2 Å². The highest BCUT2D eigenvalue weighted by molar-refractivity contribution is 4.96. The third-order valence-corrected chi connectivity index (χ3v) is 1.11. The Morgan fingerprint density at radius 2 is 2.12 bits per heavy atom. The largest absolute Gasteiger partial charge is 0.294 e. The zero-order valence-electron chi connectivity index (χ0n) is 5.22. The van der Waals surface area contributed by atoms with Crippen LogP contribution in [0.2, 0.25) is 0 Å². The van der Waals surface area contributed by atoms with E-state index in [1.54, 1.807) is 0 Å². The topological polar surface area (TPSA) is 21.3 Å². The lowest BCUT2D eigenvalue weighted by Crippen LogP contribution is -2.31. The SMILES string of the molecule is CC1C=CC(C)ON1. The first-order valence-electron chi connectivity index (χ1n) is 2.88. The molecule has 2 heteroatoms. The lowest BCUT2D eigenvalue weighted by molar-refractivity contribution is -0.00975. The van der Waals surface area contributed by atoms with Gasteiger partial charge in [-0.05, 0) is 13.8 Å². The van der Waals surface area contributed by atoms with E-state index in [0.29, 0.717) is 6.04 Å². The van der Waals surface area contributed by atoms with Crippen molar-refractivity contribution >= 4 is 0 Å². The molecule has 8 heavy (non-hydrogen) atoms. The van der Waals surface area contributed by atoms with E-state index in [4.69, 9.17) is 4.84 Å². The Hall–Kier alpha value is -0.340. The first-order valence-corrected chi connectivity index (χ1v) is 2.88. The first-order chi connectivity index (χ1) is 3.79. The summed E-state index contributed by atoms with van der Waals surface area (Å²) < 4.78 is 0. The predicted molar refractivity (Wildman–Crippen MR) is 32.3 cm³/mol. The summed E-state index contributed by atoms with van der Waals surface area (Å²) in [5.41, 5.74) is 2.84. The van der Waals surface area contributed by atoms with Gasteiger partial charge in [-0.15, -0.1) is 0 Å². The van der Waals surface area contributed by atoms with E-state index in [2.05, 4.69) is 11.6 Å². The van der Waals surface area contributed by atoms with Gasteiger partial charge in [0.05, 0.1) is 6.10 Å². The second-order valence-electron chi connectivity index (χ2n) is 2.11. The molecule has 0 bridgehead atoms. The highest BCUT2D eigenvalue weighted by Crippen LogP contribution is 1.99. The van der Waals surface area contributed by atoms with Gasteiger partial charge in [0.2, 0.25) is 0 Å². The quantitative estimate of drug-likeness (QED) is 0.470. The maximum absolute atomic E-state index is 5.05. The van der Waals surface area contributed by atoms with E-state index in [1.807, 2.05) is 19.9 Å². The summed E-state index contributed by atoms with van der Waals surface area (Å²) in [5.74, 6) is 0. The molecule has 0 spiro atoms. The predicted octanol–water partition coefficient (Wildman–Crippen LogP) is 0.854. The van der Waals surface area contributed by atoms with E-state index < -0.39 is 0 Å². The molecule has 2 nitrogen and oxygen atoms in total. The van der Waals surface area contributed by atoms with Gasteiger partial charge < -0.3 is 0 Å². The van der Waals surface area contributed by atoms with Crippen LogP contribution in [0.25, 0.3) is 0 Å². The van der Waals surface area contributed by atoms with Crippen LogP contribution < -0.4 is 5.48 Å². The van der Waals surface area contributed by atoms with Gasteiger partial charge >= 0.3 is 0 Å². The molecule has 2 atom stereocenters. The Kier molecular flexibility index (Phi) is 1.65. The van der Waals surface area contributed by atoms with Gasteiger partial charge in [-0.3, -0.25) is 4.84 Å². The second-order valence-corrected chi connectivity index (χ2v) is 2.11.